The van der Waals surface area contributed by atoms with E-state index in [4.69, 9.17) is 10.00 Å². The number of pyridine rings is 1. The van der Waals surface area contributed by atoms with Crippen LogP contribution in [0.15, 0.2) is 18.3 Å². The molecule has 1 aromatic rings. The molecule has 0 saturated carbocycles. The minimum absolute atomic E-state index is 0.300. The van der Waals surface area contributed by atoms with Crippen LogP contribution in [0.1, 0.15) is 5.69 Å². The second kappa shape index (κ2) is 6.05. The van der Waals surface area contributed by atoms with E-state index < -0.39 is 6.10 Å². The molecule has 5 heteroatoms. The van der Waals surface area contributed by atoms with Crippen LogP contribution in [0.4, 0.5) is 5.69 Å². The van der Waals surface area contributed by atoms with Gasteiger partial charge in [-0.1, -0.05) is 0 Å². The normalized spacial score (nSPS) is 11.9. The van der Waals surface area contributed by atoms with Crippen molar-refractivity contribution in [2.45, 2.75) is 6.10 Å². The first-order valence-electron chi connectivity index (χ1n) is 4.91. The first kappa shape index (κ1) is 12.4. The highest BCUT2D eigenvalue weighted by Gasteiger charge is 2.08. The first-order valence-corrected chi connectivity index (χ1v) is 4.91. The van der Waals surface area contributed by atoms with E-state index in [0.29, 0.717) is 18.8 Å². The van der Waals surface area contributed by atoms with Crippen molar-refractivity contribution in [1.29, 1.82) is 5.26 Å². The average molecular weight is 221 g/mol. The standard InChI is InChI=1S/C11H15N3O2/c1-14(7-11(15)8-16-2)10-4-3-9(5-12)13-6-10/h3-4,6,11,15H,7-8H2,1-2H3. The molecule has 0 aliphatic carbocycles. The highest BCUT2D eigenvalue weighted by atomic mass is 16.5. The summed E-state index contributed by atoms with van der Waals surface area (Å²) in [5.74, 6) is 0. The van der Waals surface area contributed by atoms with Gasteiger partial charge in [0.15, 0.2) is 0 Å². The van der Waals surface area contributed by atoms with Crippen molar-refractivity contribution in [2.75, 3.05) is 32.2 Å². The summed E-state index contributed by atoms with van der Waals surface area (Å²) in [6, 6.07) is 5.40. The van der Waals surface area contributed by atoms with Crippen LogP contribution in [0.25, 0.3) is 0 Å². The fraction of sp³-hybridized carbons (Fsp3) is 0.455. The van der Waals surface area contributed by atoms with Crippen molar-refractivity contribution < 1.29 is 9.84 Å². The van der Waals surface area contributed by atoms with Crippen LogP contribution in [-0.2, 0) is 4.74 Å². The molecule has 1 heterocycles. The van der Waals surface area contributed by atoms with Gasteiger partial charge in [-0.05, 0) is 12.1 Å². The molecule has 0 fully saturated rings. The summed E-state index contributed by atoms with van der Waals surface area (Å²) in [7, 11) is 3.40. The van der Waals surface area contributed by atoms with Gasteiger partial charge in [0.1, 0.15) is 11.8 Å². The number of aromatic nitrogens is 1. The van der Waals surface area contributed by atoms with Gasteiger partial charge < -0.3 is 14.7 Å². The third kappa shape index (κ3) is 3.50. The fourth-order valence-electron chi connectivity index (χ4n) is 1.34. The summed E-state index contributed by atoms with van der Waals surface area (Å²) in [6.07, 6.45) is 1.07. The molecule has 1 atom stereocenters. The van der Waals surface area contributed by atoms with Crippen LogP contribution in [0.5, 0.6) is 0 Å². The Bertz CT molecular complexity index is 358. The third-order valence-corrected chi connectivity index (χ3v) is 2.15. The minimum Gasteiger partial charge on any atom is -0.389 e. The maximum Gasteiger partial charge on any atom is 0.140 e. The highest BCUT2D eigenvalue weighted by molar-refractivity contribution is 5.45. The summed E-state index contributed by atoms with van der Waals surface area (Å²) < 4.78 is 4.84. The lowest BCUT2D eigenvalue weighted by Gasteiger charge is -2.21. The molecule has 16 heavy (non-hydrogen) atoms. The van der Waals surface area contributed by atoms with Gasteiger partial charge in [0.2, 0.25) is 0 Å². The summed E-state index contributed by atoms with van der Waals surface area (Å²) in [6.45, 7) is 0.759. The predicted molar refractivity (Wildman–Crippen MR) is 60.1 cm³/mol. The van der Waals surface area contributed by atoms with Gasteiger partial charge >= 0.3 is 0 Å². The molecule has 0 aliphatic heterocycles. The molecular weight excluding hydrogens is 206 g/mol. The van der Waals surface area contributed by atoms with Crippen LogP contribution in [0, 0.1) is 11.3 Å². The maximum absolute atomic E-state index is 9.54. The molecule has 86 valence electrons. The molecule has 1 rings (SSSR count). The number of ether oxygens (including phenoxy) is 1. The number of nitrogens with zero attached hydrogens (tertiary/aromatic N) is 3. The summed E-state index contributed by atoms with van der Waals surface area (Å²) in [5, 5.41) is 18.1. The number of anilines is 1. The van der Waals surface area contributed by atoms with Crippen LogP contribution in [0.2, 0.25) is 0 Å². The minimum atomic E-state index is -0.536. The van der Waals surface area contributed by atoms with Crippen LogP contribution < -0.4 is 4.90 Å². The number of nitriles is 1. The van der Waals surface area contributed by atoms with Gasteiger partial charge in [0.25, 0.3) is 0 Å². The van der Waals surface area contributed by atoms with E-state index in [0.717, 1.165) is 5.69 Å². The molecule has 0 radical (unpaired) electrons. The van der Waals surface area contributed by atoms with Crippen molar-refractivity contribution in [2.24, 2.45) is 0 Å². The monoisotopic (exact) mass is 221 g/mol. The summed E-state index contributed by atoms with van der Waals surface area (Å²) >= 11 is 0. The Balaban J connectivity index is 2.59. The van der Waals surface area contributed by atoms with E-state index in [1.54, 1.807) is 25.4 Å². The van der Waals surface area contributed by atoms with Crippen LogP contribution in [0.3, 0.4) is 0 Å². The van der Waals surface area contributed by atoms with Crippen LogP contribution >= 0.6 is 0 Å². The molecule has 1 unspecified atom stereocenters. The number of methoxy groups -OCH3 is 1. The zero-order chi connectivity index (χ0) is 12.0. The maximum atomic E-state index is 9.54. The second-order valence-corrected chi connectivity index (χ2v) is 3.50. The third-order valence-electron chi connectivity index (χ3n) is 2.15. The van der Waals surface area contributed by atoms with E-state index in [1.807, 2.05) is 18.0 Å². The molecule has 0 aliphatic rings. The molecule has 0 amide bonds. The van der Waals surface area contributed by atoms with Crippen molar-refractivity contribution in [3.63, 3.8) is 0 Å². The topological polar surface area (TPSA) is 69.4 Å². The fourth-order valence-corrected chi connectivity index (χ4v) is 1.34. The molecule has 0 saturated heterocycles. The molecule has 0 bridgehead atoms. The predicted octanol–water partition coefficient (Wildman–Crippen LogP) is 0.397. The largest absolute Gasteiger partial charge is 0.389 e. The summed E-state index contributed by atoms with van der Waals surface area (Å²) in [4.78, 5) is 5.81. The molecule has 5 nitrogen and oxygen atoms in total. The van der Waals surface area contributed by atoms with Crippen molar-refractivity contribution in [3.8, 4) is 6.07 Å². The Morgan fingerprint density at radius 3 is 2.88 bits per heavy atom. The van der Waals surface area contributed by atoms with Gasteiger partial charge in [0, 0.05) is 20.7 Å². The molecular formula is C11H15N3O2. The van der Waals surface area contributed by atoms with Crippen LogP contribution in [-0.4, -0.2) is 43.5 Å². The van der Waals surface area contributed by atoms with E-state index in [-0.39, 0.29) is 0 Å². The van der Waals surface area contributed by atoms with Crippen molar-refractivity contribution >= 4 is 5.69 Å². The lowest BCUT2D eigenvalue weighted by molar-refractivity contribution is 0.0695. The summed E-state index contributed by atoms with van der Waals surface area (Å²) in [5.41, 5.74) is 1.24. The van der Waals surface area contributed by atoms with Crippen molar-refractivity contribution in [3.05, 3.63) is 24.0 Å². The lowest BCUT2D eigenvalue weighted by atomic mass is 10.3. The molecule has 0 aromatic carbocycles. The number of hydrogen-bond donors (Lipinski definition) is 1. The van der Waals surface area contributed by atoms with E-state index in [2.05, 4.69) is 4.98 Å². The quantitative estimate of drug-likeness (QED) is 0.779. The molecule has 1 N–H and O–H groups in total. The number of hydrogen-bond acceptors (Lipinski definition) is 5. The first-order chi connectivity index (χ1) is 7.67. The Kier molecular flexibility index (Phi) is 4.70. The highest BCUT2D eigenvalue weighted by Crippen LogP contribution is 2.11. The second-order valence-electron chi connectivity index (χ2n) is 3.50. The number of likely N-dealkylation sites (N-methyl/N-ethyl adjacent to an activating group) is 1. The van der Waals surface area contributed by atoms with E-state index in [9.17, 15) is 5.11 Å². The van der Waals surface area contributed by atoms with Gasteiger partial charge in [-0.25, -0.2) is 4.98 Å². The number of aliphatic hydroxyl groups is 1. The van der Waals surface area contributed by atoms with Gasteiger partial charge in [-0.2, -0.15) is 5.26 Å². The Hall–Kier alpha value is -1.64. The van der Waals surface area contributed by atoms with E-state index >= 15 is 0 Å². The SMILES string of the molecule is COCC(O)CN(C)c1ccc(C#N)nc1. The smallest absolute Gasteiger partial charge is 0.140 e. The zero-order valence-corrected chi connectivity index (χ0v) is 9.42. The number of rotatable bonds is 5. The van der Waals surface area contributed by atoms with Gasteiger partial charge in [-0.15, -0.1) is 0 Å². The van der Waals surface area contributed by atoms with Crippen molar-refractivity contribution in [1.82, 2.24) is 4.98 Å². The average Bonchev–Trinajstić information content (AvgIpc) is 2.29. The molecule has 1 aromatic heterocycles. The van der Waals surface area contributed by atoms with Gasteiger partial charge in [-0.3, -0.25) is 0 Å². The molecule has 0 spiro atoms. The van der Waals surface area contributed by atoms with E-state index in [1.165, 1.54) is 0 Å². The Morgan fingerprint density at radius 1 is 1.62 bits per heavy atom. The van der Waals surface area contributed by atoms with Gasteiger partial charge in [0.05, 0.1) is 24.6 Å². The lowest BCUT2D eigenvalue weighted by Crippen LogP contribution is -2.31. The Labute approximate surface area is 94.9 Å². The number of aliphatic hydroxyl groups excluding tert-OH is 1. The zero-order valence-electron chi connectivity index (χ0n) is 9.42. The Morgan fingerprint density at radius 2 is 2.38 bits per heavy atom.